The van der Waals surface area contributed by atoms with Crippen LogP contribution in [0.5, 0.6) is 0 Å². The molecular formula is C58H85B3F12Fe2N16O8+2. The number of aryl methyl sites for hydroxylation is 4. The van der Waals surface area contributed by atoms with Gasteiger partial charge in [0.25, 0.3) is 0 Å². The second-order valence-electron chi connectivity index (χ2n) is 20.8. The van der Waals surface area contributed by atoms with Gasteiger partial charge >= 0.3 is 55.9 Å². The molecule has 8 rings (SSSR count). The van der Waals surface area contributed by atoms with Crippen LogP contribution in [0.2, 0.25) is 0 Å². The van der Waals surface area contributed by atoms with Gasteiger partial charge in [0.2, 0.25) is 32.1 Å². The fraction of sp³-hybridized carbons (Fsp3) is 0.431. The van der Waals surface area contributed by atoms with Crippen molar-refractivity contribution < 1.29 is 120 Å². The van der Waals surface area contributed by atoms with Crippen LogP contribution in [0.3, 0.4) is 0 Å². The molecule has 4 heterocycles. The van der Waals surface area contributed by atoms with Crippen molar-refractivity contribution in [2.24, 2.45) is 0 Å². The van der Waals surface area contributed by atoms with Crippen molar-refractivity contribution in [3.8, 4) is 0 Å². The van der Waals surface area contributed by atoms with Crippen LogP contribution in [0, 0.1) is 4.91 Å². The molecule has 5 amide bonds. The van der Waals surface area contributed by atoms with Crippen LogP contribution in [0.25, 0.3) is 44.1 Å². The van der Waals surface area contributed by atoms with E-state index in [1.807, 2.05) is 24.3 Å². The maximum Gasteiger partial charge on any atom is 4.00 e. The molecule has 0 unspecified atom stereocenters. The van der Waals surface area contributed by atoms with Crippen molar-refractivity contribution in [2.45, 2.75) is 86.2 Å². The van der Waals surface area contributed by atoms with E-state index in [1.54, 1.807) is 70.5 Å². The van der Waals surface area contributed by atoms with E-state index in [0.717, 1.165) is 126 Å². The Morgan fingerprint density at radius 2 is 0.525 bits per heavy atom. The third-order valence-corrected chi connectivity index (χ3v) is 11.6. The van der Waals surface area contributed by atoms with Gasteiger partial charge in [-0.1, -0.05) is 48.5 Å². The summed E-state index contributed by atoms with van der Waals surface area (Å²) in [5.41, 5.74) is 14.1. The molecule has 0 saturated heterocycles. The average Bonchev–Trinajstić information content (AvgIpc) is 1.67. The first-order valence-corrected chi connectivity index (χ1v) is 29.1. The van der Waals surface area contributed by atoms with E-state index in [4.69, 9.17) is 30.4 Å². The molecule has 4 aromatic heterocycles. The second-order valence-corrected chi connectivity index (χ2v) is 20.8. The summed E-state index contributed by atoms with van der Waals surface area (Å²) in [5.74, 6) is 3.82. The zero-order valence-electron chi connectivity index (χ0n) is 57.2. The molecule has 0 saturated carbocycles. The quantitative estimate of drug-likeness (QED) is 0.0371. The summed E-state index contributed by atoms with van der Waals surface area (Å²) in [5, 5.41) is 14.6. The van der Waals surface area contributed by atoms with Gasteiger partial charge < -0.3 is 105 Å². The third-order valence-electron chi connectivity index (χ3n) is 11.6. The Hall–Kier alpha value is -8.06. The number of imidazole rings is 4. The van der Waals surface area contributed by atoms with Crippen molar-refractivity contribution in [3.63, 3.8) is 0 Å². The summed E-state index contributed by atoms with van der Waals surface area (Å²) in [6.45, 7) is 14.6. The third kappa shape index (κ3) is 43.9. The number of carbonyl (C=O) groups excluding carboxylic acids is 5. The van der Waals surface area contributed by atoms with Gasteiger partial charge in [-0.25, -0.2) is 19.9 Å². The Kier molecular flexibility index (Phi) is 52.3. The van der Waals surface area contributed by atoms with Gasteiger partial charge in [-0.05, 0) is 89.3 Å². The monoisotopic (exact) mass is 1510 g/mol. The van der Waals surface area contributed by atoms with Crippen molar-refractivity contribution in [3.05, 3.63) is 125 Å². The second kappa shape index (κ2) is 52.0. The molecule has 0 aliphatic carbocycles. The molecule has 2 radical (unpaired) electrons. The number of nitroso groups, excluding NO2 is 1. The smallest absolute Gasteiger partial charge is 0.870 e. The van der Waals surface area contributed by atoms with E-state index in [0.29, 0.717) is 39.3 Å². The number of hydrogen-bond donors (Lipinski definition) is 0. The van der Waals surface area contributed by atoms with Crippen LogP contribution in [0.1, 0.15) is 51.0 Å². The summed E-state index contributed by atoms with van der Waals surface area (Å²) in [7, 11) is -1.12. The number of halogens is 12. The molecule has 8 aromatic rings. The van der Waals surface area contributed by atoms with Crippen molar-refractivity contribution in [2.75, 3.05) is 83.6 Å². The maximum absolute atomic E-state index is 14.6. The Labute approximate surface area is 589 Å². The van der Waals surface area contributed by atoms with Crippen LogP contribution in [0.15, 0.2) is 97.1 Å². The number of carbonyl (C=O) groups is 5. The molecule has 552 valence electrons. The van der Waals surface area contributed by atoms with Crippen LogP contribution in [-0.2, 0) is 110 Å². The van der Waals surface area contributed by atoms with Crippen LogP contribution in [0.4, 0.5) is 51.8 Å². The topological polar surface area (TPSA) is 272 Å². The van der Waals surface area contributed by atoms with Gasteiger partial charge in [0, 0.05) is 96.7 Å². The number of aromatic nitrogens is 8. The van der Waals surface area contributed by atoms with Crippen molar-refractivity contribution in [1.82, 2.24) is 78.1 Å². The van der Waals surface area contributed by atoms with Gasteiger partial charge in [-0.3, -0.25) is 33.8 Å². The first kappa shape index (κ1) is 99.6. The number of amides is 5. The number of fused-ring (bicyclic) bond motifs is 4. The molecule has 0 bridgehead atoms. The van der Waals surface area contributed by atoms with Gasteiger partial charge in [-0.15, -0.1) is 11.0 Å². The van der Waals surface area contributed by atoms with Gasteiger partial charge in [0.05, 0.1) is 70.3 Å². The fourth-order valence-electron chi connectivity index (χ4n) is 8.20. The van der Waals surface area contributed by atoms with Gasteiger partial charge in [-0.2, -0.15) is 0 Å². The average molecular weight is 1510 g/mol. The number of rotatable bonds is 21. The minimum absolute atomic E-state index is 0. The van der Waals surface area contributed by atoms with E-state index in [9.17, 15) is 80.9 Å². The van der Waals surface area contributed by atoms with Crippen LogP contribution in [-0.4, -0.2) is 221 Å². The molecule has 0 aliphatic heterocycles. The molecule has 0 fully saturated rings. The number of para-hydroxylation sites is 8. The van der Waals surface area contributed by atoms with E-state index in [1.165, 1.54) is 24.5 Å². The largest absolute Gasteiger partial charge is 4.00 e. The van der Waals surface area contributed by atoms with E-state index in [-0.39, 0.29) is 39.6 Å². The fourth-order valence-corrected chi connectivity index (χ4v) is 8.20. The molecule has 0 spiro atoms. The zero-order chi connectivity index (χ0) is 74.1. The molecule has 0 aliphatic rings. The molecule has 99 heavy (non-hydrogen) atoms. The summed E-state index contributed by atoms with van der Waals surface area (Å²) in [6.07, 6.45) is 2.82. The Morgan fingerprint density at radius 1 is 0.384 bits per heavy atom. The van der Waals surface area contributed by atoms with Gasteiger partial charge in [0.1, 0.15) is 28.9 Å². The molecule has 1 N–H and O–H groups in total. The first-order chi connectivity index (χ1) is 44.8. The molecule has 4 aromatic carbocycles. The molecular weight excluding hydrogens is 1420 g/mol. The number of hydrogen-bond acceptors (Lipinski definition) is 14. The zero-order valence-corrected chi connectivity index (χ0v) is 59.4. The van der Waals surface area contributed by atoms with Crippen LogP contribution >= 0.6 is 0 Å². The SMILES string of the molecule is CCn1c(CN(Cc2nc3ccccc3n2CC)CC([O-])CN(Cc2nc3ccccc3n2CC)Cc2nc3ccccc3n2CC)nc2ccccc21.CN(C)C=O.CN(C)C=O.CN(C)C=O.CN(C)C=O.CN(C)C=O.F[B-](F)(F)F.F[B-](F)(F)F.F[B-](F)(F)F.[Fe+3].[Fe+4].[N]=O.[OH-]. The predicted molar refractivity (Wildman–Crippen MR) is 350 cm³/mol. The first-order valence-electron chi connectivity index (χ1n) is 29.1. The maximum atomic E-state index is 14.6. The minimum Gasteiger partial charge on any atom is -0.870 e. The summed E-state index contributed by atoms with van der Waals surface area (Å²) in [6, 6.07) is 33.1. The van der Waals surface area contributed by atoms with Crippen molar-refractivity contribution in [1.29, 1.82) is 0 Å². The number of nitrogens with zero attached hydrogens (tertiary/aromatic N) is 16. The van der Waals surface area contributed by atoms with E-state index in [2.05, 4.69) is 129 Å². The van der Waals surface area contributed by atoms with E-state index < -0.39 is 27.9 Å². The summed E-state index contributed by atoms with van der Waals surface area (Å²) >= 11 is 0. The Morgan fingerprint density at radius 3 is 0.657 bits per heavy atom. The summed E-state index contributed by atoms with van der Waals surface area (Å²) in [4.78, 5) is 86.4. The van der Waals surface area contributed by atoms with Crippen molar-refractivity contribution >= 4 is 97.9 Å². The number of benzene rings is 4. The standard InChI is InChI=1S/C43H49N10O.5C3H7NO.3BF4.2Fe.NO.H2O/c1-5-50-36-21-13-9-17-32(36)44-40(50)27-48(28-41-45-33-18-10-14-22-37(33)51(41)6-2)25-31(54)26-49(29-42-46-34-19-11-15-23-38(34)52(42)7-3)30-43-47-35-20-12-16-24-39(35)53(43)8-4;5*1-4(2)3-5;3*2-1(3,4)5;;;1-2;/h9-24,31H,5-8,25-30H2,1-4H3;5*3H,1-2H3;;;;;;;1H2/q-1;;;;;;3*-1;+3;+4;;/p-1. The molecule has 24 nitrogen and oxygen atoms in total. The van der Waals surface area contributed by atoms with Crippen LogP contribution < -0.4 is 10.7 Å². The Balaban J connectivity index is -0.000000535. The molecule has 0 atom stereocenters. The van der Waals surface area contributed by atoms with E-state index >= 15 is 0 Å². The predicted octanol–water partition coefficient (Wildman–Crippen LogP) is 8.39. The summed E-state index contributed by atoms with van der Waals surface area (Å²) < 4.78 is 126. The van der Waals surface area contributed by atoms with Gasteiger partial charge in [0.15, 0.2) is 0 Å². The normalized spacial score (nSPS) is 10.3. The minimum atomic E-state index is -6.00. The molecule has 41 heteroatoms. The Bertz CT molecular complexity index is 3040.